The number of hydrogen-bond acceptors (Lipinski definition) is 7. The molecule has 9 nitrogen and oxygen atoms in total. The van der Waals surface area contributed by atoms with Crippen molar-refractivity contribution in [1.29, 1.82) is 5.26 Å². The van der Waals surface area contributed by atoms with E-state index in [2.05, 4.69) is 25.7 Å². The van der Waals surface area contributed by atoms with E-state index in [-0.39, 0.29) is 23.0 Å². The number of carbonyl (C=O) groups excluding carboxylic acids is 1. The first-order valence-corrected chi connectivity index (χ1v) is 11.8. The Balaban J connectivity index is 1.32. The second kappa shape index (κ2) is 10.4. The van der Waals surface area contributed by atoms with Gasteiger partial charge in [-0.05, 0) is 48.4 Å². The van der Waals surface area contributed by atoms with Gasteiger partial charge in [-0.3, -0.25) is 4.79 Å². The van der Waals surface area contributed by atoms with Crippen molar-refractivity contribution in [2.75, 3.05) is 11.1 Å². The molecule has 0 bridgehead atoms. The monoisotopic (exact) mass is 506 g/mol. The lowest BCUT2D eigenvalue weighted by Gasteiger charge is -2.16. The Labute approximate surface area is 217 Å². The lowest BCUT2D eigenvalue weighted by Crippen LogP contribution is -2.28. The van der Waals surface area contributed by atoms with Gasteiger partial charge >= 0.3 is 0 Å². The average molecular weight is 507 g/mol. The van der Waals surface area contributed by atoms with Crippen LogP contribution in [0.3, 0.4) is 0 Å². The van der Waals surface area contributed by atoms with Crippen LogP contribution >= 0.6 is 0 Å². The third kappa shape index (κ3) is 4.99. The number of rotatable bonds is 7. The molecule has 1 amide bonds. The third-order valence-electron chi connectivity index (χ3n) is 6.17. The van der Waals surface area contributed by atoms with Gasteiger partial charge < -0.3 is 16.4 Å². The van der Waals surface area contributed by atoms with E-state index in [9.17, 15) is 14.4 Å². The van der Waals surface area contributed by atoms with Crippen LogP contribution in [0.25, 0.3) is 16.8 Å². The number of nitrogens with zero attached hydrogens (tertiary/aromatic N) is 5. The van der Waals surface area contributed by atoms with Crippen LogP contribution in [0.2, 0.25) is 0 Å². The van der Waals surface area contributed by atoms with E-state index in [4.69, 9.17) is 5.73 Å². The summed E-state index contributed by atoms with van der Waals surface area (Å²) in [6, 6.07) is 20.7. The highest BCUT2D eigenvalue weighted by molar-refractivity contribution is 5.99. The van der Waals surface area contributed by atoms with E-state index in [0.717, 1.165) is 27.9 Å². The summed E-state index contributed by atoms with van der Waals surface area (Å²) in [6.45, 7) is 2.20. The van der Waals surface area contributed by atoms with Gasteiger partial charge in [-0.1, -0.05) is 36.4 Å². The maximum absolute atomic E-state index is 13.3. The Bertz CT molecular complexity index is 1660. The molecule has 10 heteroatoms. The minimum Gasteiger partial charge on any atom is -0.382 e. The third-order valence-corrected chi connectivity index (χ3v) is 6.17. The second-order valence-electron chi connectivity index (χ2n) is 8.69. The zero-order valence-corrected chi connectivity index (χ0v) is 20.4. The maximum atomic E-state index is 13.3. The summed E-state index contributed by atoms with van der Waals surface area (Å²) in [7, 11) is 0. The van der Waals surface area contributed by atoms with Crippen molar-refractivity contribution in [3.63, 3.8) is 0 Å². The predicted octanol–water partition coefficient (Wildman–Crippen LogP) is 4.49. The molecule has 3 heterocycles. The molecule has 4 N–H and O–H groups in total. The molecule has 0 radical (unpaired) electrons. The van der Waals surface area contributed by atoms with Gasteiger partial charge in [0.2, 0.25) is 0 Å². The van der Waals surface area contributed by atoms with Crippen LogP contribution in [-0.4, -0.2) is 25.5 Å². The van der Waals surface area contributed by atoms with Gasteiger partial charge in [0.05, 0.1) is 22.9 Å². The van der Waals surface area contributed by atoms with Crippen LogP contribution in [0.1, 0.15) is 40.0 Å². The van der Waals surface area contributed by atoms with Crippen molar-refractivity contribution < 1.29 is 9.18 Å². The number of nitrogens with one attached hydrogen (secondary N) is 2. The number of aromatic nitrogens is 4. The van der Waals surface area contributed by atoms with Crippen LogP contribution < -0.4 is 16.4 Å². The molecule has 0 aliphatic carbocycles. The van der Waals surface area contributed by atoms with Gasteiger partial charge in [-0.2, -0.15) is 10.4 Å². The van der Waals surface area contributed by atoms with E-state index in [1.165, 1.54) is 30.7 Å². The van der Waals surface area contributed by atoms with E-state index in [1.54, 1.807) is 23.6 Å². The number of benzene rings is 2. The number of halogens is 1. The first-order valence-electron chi connectivity index (χ1n) is 11.8. The molecular weight excluding hydrogens is 483 g/mol. The van der Waals surface area contributed by atoms with E-state index >= 15 is 0 Å². The lowest BCUT2D eigenvalue weighted by atomic mass is 10.1. The summed E-state index contributed by atoms with van der Waals surface area (Å²) in [4.78, 5) is 21.4. The van der Waals surface area contributed by atoms with E-state index in [1.807, 2.05) is 42.5 Å². The Kier molecular flexibility index (Phi) is 6.65. The molecule has 3 aromatic heterocycles. The van der Waals surface area contributed by atoms with Gasteiger partial charge in [-0.15, -0.1) is 0 Å². The molecule has 188 valence electrons. The lowest BCUT2D eigenvalue weighted by molar-refractivity contribution is 0.0940. The smallest absolute Gasteiger partial charge is 0.255 e. The zero-order chi connectivity index (χ0) is 26.6. The molecule has 2 aromatic carbocycles. The van der Waals surface area contributed by atoms with Gasteiger partial charge in [0.1, 0.15) is 29.5 Å². The zero-order valence-electron chi connectivity index (χ0n) is 20.4. The molecule has 0 saturated heterocycles. The molecule has 0 spiro atoms. The van der Waals surface area contributed by atoms with Crippen molar-refractivity contribution in [3.8, 4) is 17.3 Å². The Morgan fingerprint density at radius 2 is 1.87 bits per heavy atom. The van der Waals surface area contributed by atoms with Crippen molar-refractivity contribution in [2.24, 2.45) is 0 Å². The number of nitriles is 1. The Morgan fingerprint density at radius 1 is 1.11 bits per heavy atom. The SMILES string of the molecule is CC(NC(=O)c1cc(C#N)cnc1NCc1ccc(-c2ccc3c(N)ncnn23)cc1)c1ccc(F)cc1. The summed E-state index contributed by atoms with van der Waals surface area (Å²) in [5.41, 5.74) is 10.7. The van der Waals surface area contributed by atoms with Crippen molar-refractivity contribution >= 4 is 23.1 Å². The van der Waals surface area contributed by atoms with E-state index < -0.39 is 5.91 Å². The standard InChI is InChI=1S/C28H23FN8O/c1-17(20-6-8-22(29)9-7-20)36-28(38)23-12-19(13-30)15-33-27(23)32-14-18-2-4-21(5-3-18)24-10-11-25-26(31)34-16-35-37(24)25/h2-12,15-17H,14H2,1H3,(H,32,33)(H,36,38)(H2,31,34,35). The number of hydrogen-bond donors (Lipinski definition) is 3. The molecular formula is C28H23FN8O. The van der Waals surface area contributed by atoms with Crippen LogP contribution in [-0.2, 0) is 6.54 Å². The number of fused-ring (bicyclic) bond motifs is 1. The Morgan fingerprint density at radius 3 is 2.61 bits per heavy atom. The average Bonchev–Trinajstić information content (AvgIpc) is 3.38. The first kappa shape index (κ1) is 24.4. The second-order valence-corrected chi connectivity index (χ2v) is 8.69. The van der Waals surface area contributed by atoms with Crippen LogP contribution in [0.15, 0.2) is 79.3 Å². The van der Waals surface area contributed by atoms with Gasteiger partial charge in [0, 0.05) is 18.3 Å². The van der Waals surface area contributed by atoms with Gasteiger partial charge in [-0.25, -0.2) is 18.9 Å². The maximum Gasteiger partial charge on any atom is 0.255 e. The molecule has 0 aliphatic rings. The summed E-state index contributed by atoms with van der Waals surface area (Å²) >= 11 is 0. The molecule has 38 heavy (non-hydrogen) atoms. The van der Waals surface area contributed by atoms with Crippen molar-refractivity contribution in [3.05, 3.63) is 107 Å². The first-order chi connectivity index (χ1) is 18.4. The summed E-state index contributed by atoms with van der Waals surface area (Å²) in [5, 5.41) is 19.7. The molecule has 0 aliphatic heterocycles. The molecule has 1 atom stereocenters. The van der Waals surface area contributed by atoms with Crippen LogP contribution in [0, 0.1) is 17.1 Å². The fourth-order valence-corrected chi connectivity index (χ4v) is 4.10. The summed E-state index contributed by atoms with van der Waals surface area (Å²) < 4.78 is 15.0. The highest BCUT2D eigenvalue weighted by atomic mass is 19.1. The minimum atomic E-state index is -0.398. The molecule has 1 unspecified atom stereocenters. The summed E-state index contributed by atoms with van der Waals surface area (Å²) in [6.07, 6.45) is 2.83. The van der Waals surface area contributed by atoms with Gasteiger partial charge in [0.15, 0.2) is 5.82 Å². The predicted molar refractivity (Wildman–Crippen MR) is 141 cm³/mol. The number of nitrogens with two attached hydrogens (primary N) is 1. The molecule has 5 rings (SSSR count). The largest absolute Gasteiger partial charge is 0.382 e. The highest BCUT2D eigenvalue weighted by Crippen LogP contribution is 2.24. The Hall–Kier alpha value is -5.30. The highest BCUT2D eigenvalue weighted by Gasteiger charge is 2.17. The number of pyridine rings is 1. The number of amides is 1. The van der Waals surface area contributed by atoms with Crippen molar-refractivity contribution in [1.82, 2.24) is 24.9 Å². The molecule has 0 fully saturated rings. The minimum absolute atomic E-state index is 0.242. The quantitative estimate of drug-likeness (QED) is 0.296. The van der Waals surface area contributed by atoms with E-state index in [0.29, 0.717) is 18.2 Å². The molecule has 0 saturated carbocycles. The fraction of sp³-hybridized carbons (Fsp3) is 0.107. The number of nitrogen functional groups attached to an aromatic ring is 1. The number of carbonyl (C=O) groups is 1. The van der Waals surface area contributed by atoms with Crippen molar-refractivity contribution in [2.45, 2.75) is 19.5 Å². The number of anilines is 2. The summed E-state index contributed by atoms with van der Waals surface area (Å²) in [5.74, 6) is 0.0134. The van der Waals surface area contributed by atoms with Crippen LogP contribution in [0.5, 0.6) is 0 Å². The van der Waals surface area contributed by atoms with Crippen LogP contribution in [0.4, 0.5) is 16.0 Å². The topological polar surface area (TPSA) is 134 Å². The normalized spacial score (nSPS) is 11.6. The van der Waals surface area contributed by atoms with Gasteiger partial charge in [0.25, 0.3) is 5.91 Å². The fourth-order valence-electron chi connectivity index (χ4n) is 4.10. The molecule has 5 aromatic rings.